The second kappa shape index (κ2) is 7.38. The Balaban J connectivity index is 1.66. The fourth-order valence-electron chi connectivity index (χ4n) is 2.95. The van der Waals surface area contributed by atoms with Crippen molar-refractivity contribution in [3.8, 4) is 11.4 Å². The molecule has 1 aliphatic heterocycles. The first-order valence-corrected chi connectivity index (χ1v) is 8.35. The van der Waals surface area contributed by atoms with Gasteiger partial charge in [0.2, 0.25) is 11.8 Å². The number of amides is 2. The van der Waals surface area contributed by atoms with Crippen LogP contribution in [0.2, 0.25) is 0 Å². The minimum absolute atomic E-state index is 0.0454. The largest absolute Gasteiger partial charge is 0.348 e. The number of rotatable bonds is 5. The van der Waals surface area contributed by atoms with Gasteiger partial charge in [0, 0.05) is 48.4 Å². The van der Waals surface area contributed by atoms with Crippen molar-refractivity contribution in [2.75, 3.05) is 13.1 Å². The SMILES string of the molecule is Cc1nc(-c2ccncc2)ncc1[C@@H](C)NC(=O)CN1CCCC1=O. The summed E-state index contributed by atoms with van der Waals surface area (Å²) < 4.78 is 0. The number of aryl methyl sites for hydroxylation is 1. The van der Waals surface area contributed by atoms with Crippen LogP contribution in [-0.4, -0.2) is 44.8 Å². The molecule has 3 heterocycles. The molecule has 130 valence electrons. The predicted octanol–water partition coefficient (Wildman–Crippen LogP) is 1.65. The predicted molar refractivity (Wildman–Crippen MR) is 92.4 cm³/mol. The molecule has 2 aromatic rings. The number of hydrogen-bond acceptors (Lipinski definition) is 5. The van der Waals surface area contributed by atoms with Crippen molar-refractivity contribution in [2.24, 2.45) is 0 Å². The van der Waals surface area contributed by atoms with Gasteiger partial charge < -0.3 is 10.2 Å². The van der Waals surface area contributed by atoms with Gasteiger partial charge in [-0.1, -0.05) is 0 Å². The number of aromatic nitrogens is 3. The van der Waals surface area contributed by atoms with Gasteiger partial charge in [0.25, 0.3) is 0 Å². The molecule has 7 nitrogen and oxygen atoms in total. The Kier molecular flexibility index (Phi) is 5.02. The first-order valence-electron chi connectivity index (χ1n) is 8.35. The zero-order valence-corrected chi connectivity index (χ0v) is 14.4. The molecule has 0 unspecified atom stereocenters. The van der Waals surface area contributed by atoms with Crippen molar-refractivity contribution < 1.29 is 9.59 Å². The normalized spacial score (nSPS) is 15.3. The van der Waals surface area contributed by atoms with Crippen molar-refractivity contribution in [1.29, 1.82) is 0 Å². The summed E-state index contributed by atoms with van der Waals surface area (Å²) in [6, 6.07) is 3.48. The van der Waals surface area contributed by atoms with Crippen LogP contribution < -0.4 is 5.32 Å². The number of nitrogens with zero attached hydrogens (tertiary/aromatic N) is 4. The number of carbonyl (C=O) groups is 2. The third kappa shape index (κ3) is 3.99. The summed E-state index contributed by atoms with van der Waals surface area (Å²) in [7, 11) is 0. The fourth-order valence-corrected chi connectivity index (χ4v) is 2.95. The minimum Gasteiger partial charge on any atom is -0.348 e. The Bertz CT molecular complexity index is 778. The van der Waals surface area contributed by atoms with Crippen LogP contribution in [0.15, 0.2) is 30.7 Å². The van der Waals surface area contributed by atoms with Gasteiger partial charge in [-0.2, -0.15) is 0 Å². The highest BCUT2D eigenvalue weighted by Gasteiger charge is 2.23. The fraction of sp³-hybridized carbons (Fsp3) is 0.389. The maximum atomic E-state index is 12.2. The molecule has 25 heavy (non-hydrogen) atoms. The molecule has 2 aromatic heterocycles. The van der Waals surface area contributed by atoms with Gasteiger partial charge in [-0.3, -0.25) is 14.6 Å². The summed E-state index contributed by atoms with van der Waals surface area (Å²) in [5.74, 6) is 0.509. The summed E-state index contributed by atoms with van der Waals surface area (Å²) in [4.78, 5) is 38.3. The lowest BCUT2D eigenvalue weighted by Crippen LogP contribution is -2.39. The van der Waals surface area contributed by atoms with Crippen LogP contribution in [0.25, 0.3) is 11.4 Å². The standard InChI is InChI=1S/C18H21N5O2/c1-12(21-16(24)11-23-9-3-4-17(23)25)15-10-20-18(22-13(15)2)14-5-7-19-8-6-14/h5-8,10,12H,3-4,9,11H2,1-2H3,(H,21,24)/t12-/m1/s1. The third-order valence-corrected chi connectivity index (χ3v) is 4.31. The maximum absolute atomic E-state index is 12.2. The lowest BCUT2D eigenvalue weighted by molar-refractivity contribution is -0.133. The second-order valence-corrected chi connectivity index (χ2v) is 6.18. The third-order valence-electron chi connectivity index (χ3n) is 4.31. The molecule has 1 N–H and O–H groups in total. The van der Waals surface area contributed by atoms with E-state index >= 15 is 0 Å². The van der Waals surface area contributed by atoms with E-state index in [9.17, 15) is 9.59 Å². The summed E-state index contributed by atoms with van der Waals surface area (Å²) in [5.41, 5.74) is 2.57. The summed E-state index contributed by atoms with van der Waals surface area (Å²) in [6.07, 6.45) is 6.50. The van der Waals surface area contributed by atoms with Crippen molar-refractivity contribution >= 4 is 11.8 Å². The number of carbonyl (C=O) groups excluding carboxylic acids is 2. The van der Waals surface area contributed by atoms with Crippen LogP contribution in [0.3, 0.4) is 0 Å². The highest BCUT2D eigenvalue weighted by Crippen LogP contribution is 2.19. The molecule has 3 rings (SSSR count). The van der Waals surface area contributed by atoms with E-state index in [1.807, 2.05) is 26.0 Å². The van der Waals surface area contributed by atoms with Crippen molar-refractivity contribution in [1.82, 2.24) is 25.2 Å². The smallest absolute Gasteiger partial charge is 0.240 e. The van der Waals surface area contributed by atoms with E-state index in [1.165, 1.54) is 0 Å². The molecular weight excluding hydrogens is 318 g/mol. The van der Waals surface area contributed by atoms with E-state index in [0.29, 0.717) is 18.8 Å². The molecule has 0 bridgehead atoms. The van der Waals surface area contributed by atoms with E-state index in [-0.39, 0.29) is 24.4 Å². The average Bonchev–Trinajstić information content (AvgIpc) is 3.00. The molecule has 0 spiro atoms. The van der Waals surface area contributed by atoms with E-state index in [4.69, 9.17) is 0 Å². The van der Waals surface area contributed by atoms with Crippen molar-refractivity contribution in [2.45, 2.75) is 32.7 Å². The molecule has 1 saturated heterocycles. The molecule has 0 radical (unpaired) electrons. The van der Waals surface area contributed by atoms with Gasteiger partial charge in [0.1, 0.15) is 0 Å². The summed E-state index contributed by atoms with van der Waals surface area (Å²) in [6.45, 7) is 4.55. The Labute approximate surface area is 146 Å². The van der Waals surface area contributed by atoms with Crippen LogP contribution in [-0.2, 0) is 9.59 Å². The van der Waals surface area contributed by atoms with Crippen molar-refractivity contribution in [3.05, 3.63) is 42.0 Å². The lowest BCUT2D eigenvalue weighted by atomic mass is 10.1. The Morgan fingerprint density at radius 2 is 2.12 bits per heavy atom. The Morgan fingerprint density at radius 3 is 2.76 bits per heavy atom. The first-order chi connectivity index (χ1) is 12.0. The minimum atomic E-state index is -0.225. The zero-order valence-electron chi connectivity index (χ0n) is 14.4. The molecule has 0 aromatic carbocycles. The first kappa shape index (κ1) is 17.0. The molecule has 1 fully saturated rings. The maximum Gasteiger partial charge on any atom is 0.240 e. The quantitative estimate of drug-likeness (QED) is 0.895. The van der Waals surface area contributed by atoms with Crippen LogP contribution in [0.1, 0.15) is 37.1 Å². The van der Waals surface area contributed by atoms with Crippen LogP contribution in [0.5, 0.6) is 0 Å². The molecule has 1 atom stereocenters. The topological polar surface area (TPSA) is 88.1 Å². The zero-order chi connectivity index (χ0) is 17.8. The van der Waals surface area contributed by atoms with Crippen LogP contribution in [0, 0.1) is 6.92 Å². The molecule has 2 amide bonds. The van der Waals surface area contributed by atoms with Gasteiger partial charge in [-0.05, 0) is 32.4 Å². The van der Waals surface area contributed by atoms with Gasteiger partial charge >= 0.3 is 0 Å². The molecule has 0 aliphatic carbocycles. The molecule has 0 saturated carbocycles. The number of pyridine rings is 1. The summed E-state index contributed by atoms with van der Waals surface area (Å²) in [5, 5.41) is 2.92. The van der Waals surface area contributed by atoms with E-state index in [1.54, 1.807) is 23.5 Å². The molecular formula is C18H21N5O2. The van der Waals surface area contributed by atoms with Crippen LogP contribution >= 0.6 is 0 Å². The molecule has 1 aliphatic rings. The highest BCUT2D eigenvalue weighted by atomic mass is 16.2. The monoisotopic (exact) mass is 339 g/mol. The highest BCUT2D eigenvalue weighted by molar-refractivity contribution is 5.86. The average molecular weight is 339 g/mol. The van der Waals surface area contributed by atoms with Gasteiger partial charge in [0.05, 0.1) is 12.6 Å². The second-order valence-electron chi connectivity index (χ2n) is 6.18. The van der Waals surface area contributed by atoms with E-state index in [0.717, 1.165) is 23.2 Å². The number of nitrogens with one attached hydrogen (secondary N) is 1. The Hall–Kier alpha value is -2.83. The summed E-state index contributed by atoms with van der Waals surface area (Å²) >= 11 is 0. The van der Waals surface area contributed by atoms with Crippen LogP contribution in [0.4, 0.5) is 0 Å². The number of hydrogen-bond donors (Lipinski definition) is 1. The van der Waals surface area contributed by atoms with Gasteiger partial charge in [-0.15, -0.1) is 0 Å². The number of likely N-dealkylation sites (tertiary alicyclic amines) is 1. The van der Waals surface area contributed by atoms with E-state index < -0.39 is 0 Å². The van der Waals surface area contributed by atoms with Gasteiger partial charge in [-0.25, -0.2) is 9.97 Å². The van der Waals surface area contributed by atoms with E-state index in [2.05, 4.69) is 20.3 Å². The Morgan fingerprint density at radius 1 is 1.36 bits per heavy atom. The molecule has 7 heteroatoms. The lowest BCUT2D eigenvalue weighted by Gasteiger charge is -2.19. The van der Waals surface area contributed by atoms with Crippen molar-refractivity contribution in [3.63, 3.8) is 0 Å². The van der Waals surface area contributed by atoms with Gasteiger partial charge in [0.15, 0.2) is 5.82 Å².